The summed E-state index contributed by atoms with van der Waals surface area (Å²) >= 11 is 6.67. The zero-order valence-electron chi connectivity index (χ0n) is 16.5. The summed E-state index contributed by atoms with van der Waals surface area (Å²) in [4.78, 5) is 13.6. The first-order chi connectivity index (χ1) is 13.9. The van der Waals surface area contributed by atoms with Crippen LogP contribution in [0.25, 0.3) is 0 Å². The SMILES string of the molecule is Cc1ccc(S(=O)(=O)N2C(=O)[C@H](CCc3ccccc3)[C@H]3[C@H](Cl)CCC[C@H]32)cc1. The van der Waals surface area contributed by atoms with Crippen molar-refractivity contribution < 1.29 is 13.2 Å². The number of carbonyl (C=O) groups excluding carboxylic acids is 1. The highest BCUT2D eigenvalue weighted by Gasteiger charge is 2.55. The summed E-state index contributed by atoms with van der Waals surface area (Å²) < 4.78 is 28.0. The van der Waals surface area contributed by atoms with Crippen molar-refractivity contribution in [3.63, 3.8) is 0 Å². The number of aryl methyl sites for hydroxylation is 2. The maximum atomic E-state index is 13.4. The van der Waals surface area contributed by atoms with E-state index in [1.807, 2.05) is 37.3 Å². The van der Waals surface area contributed by atoms with Gasteiger partial charge < -0.3 is 0 Å². The molecule has 4 atom stereocenters. The summed E-state index contributed by atoms with van der Waals surface area (Å²) in [6, 6.07) is 16.4. The maximum Gasteiger partial charge on any atom is 0.266 e. The van der Waals surface area contributed by atoms with E-state index in [-0.39, 0.29) is 34.1 Å². The Kier molecular flexibility index (Phi) is 5.71. The number of hydrogen-bond acceptors (Lipinski definition) is 3. The highest BCUT2D eigenvalue weighted by molar-refractivity contribution is 7.89. The van der Waals surface area contributed by atoms with E-state index >= 15 is 0 Å². The lowest BCUT2D eigenvalue weighted by molar-refractivity contribution is -0.127. The van der Waals surface area contributed by atoms with E-state index < -0.39 is 10.0 Å². The van der Waals surface area contributed by atoms with E-state index in [9.17, 15) is 13.2 Å². The van der Waals surface area contributed by atoms with Gasteiger partial charge in [-0.2, -0.15) is 0 Å². The number of hydrogen-bond donors (Lipinski definition) is 0. The molecule has 2 aliphatic rings. The molecule has 2 fully saturated rings. The van der Waals surface area contributed by atoms with E-state index in [4.69, 9.17) is 11.6 Å². The van der Waals surface area contributed by atoms with Crippen LogP contribution in [0.3, 0.4) is 0 Å². The number of sulfonamides is 1. The Morgan fingerprint density at radius 3 is 2.41 bits per heavy atom. The number of amides is 1. The van der Waals surface area contributed by atoms with Crippen LogP contribution in [0.15, 0.2) is 59.5 Å². The summed E-state index contributed by atoms with van der Waals surface area (Å²) in [5.74, 6) is -0.769. The van der Waals surface area contributed by atoms with Crippen molar-refractivity contribution in [2.24, 2.45) is 11.8 Å². The Hall–Kier alpha value is -1.85. The van der Waals surface area contributed by atoms with Crippen molar-refractivity contribution in [1.29, 1.82) is 0 Å². The second-order valence-corrected chi connectivity index (χ2v) is 10.6. The first-order valence-electron chi connectivity index (χ1n) is 10.2. The first-order valence-corrected chi connectivity index (χ1v) is 12.1. The van der Waals surface area contributed by atoms with Crippen LogP contribution >= 0.6 is 11.6 Å². The van der Waals surface area contributed by atoms with Gasteiger partial charge in [0, 0.05) is 17.2 Å². The van der Waals surface area contributed by atoms with Crippen molar-refractivity contribution in [2.45, 2.75) is 55.3 Å². The molecular formula is C23H26ClNO3S. The van der Waals surface area contributed by atoms with Crippen LogP contribution in [-0.4, -0.2) is 30.0 Å². The number of fused-ring (bicyclic) bond motifs is 1. The van der Waals surface area contributed by atoms with Gasteiger partial charge in [0.25, 0.3) is 10.0 Å². The largest absolute Gasteiger partial charge is 0.273 e. The van der Waals surface area contributed by atoms with E-state index in [1.165, 1.54) is 4.31 Å². The lowest BCUT2D eigenvalue weighted by Gasteiger charge is -2.34. The smallest absolute Gasteiger partial charge is 0.266 e. The van der Waals surface area contributed by atoms with Gasteiger partial charge in [0.1, 0.15) is 0 Å². The molecule has 0 aromatic heterocycles. The van der Waals surface area contributed by atoms with Gasteiger partial charge in [-0.1, -0.05) is 48.0 Å². The van der Waals surface area contributed by atoms with Gasteiger partial charge in [0.05, 0.1) is 10.9 Å². The Balaban J connectivity index is 1.65. The molecule has 0 bridgehead atoms. The Morgan fingerprint density at radius 2 is 1.72 bits per heavy atom. The van der Waals surface area contributed by atoms with E-state index in [0.29, 0.717) is 12.8 Å². The molecular weight excluding hydrogens is 406 g/mol. The number of benzene rings is 2. The molecule has 0 N–H and O–H groups in total. The normalized spacial score (nSPS) is 27.1. The van der Waals surface area contributed by atoms with E-state index in [0.717, 1.165) is 30.4 Å². The van der Waals surface area contributed by atoms with Crippen molar-refractivity contribution in [3.05, 3.63) is 65.7 Å². The van der Waals surface area contributed by atoms with Crippen LogP contribution in [0.2, 0.25) is 0 Å². The summed E-state index contributed by atoms with van der Waals surface area (Å²) in [5.41, 5.74) is 2.13. The topological polar surface area (TPSA) is 54.5 Å². The molecule has 4 nitrogen and oxygen atoms in total. The van der Waals surface area contributed by atoms with Crippen LogP contribution < -0.4 is 0 Å². The maximum absolute atomic E-state index is 13.4. The van der Waals surface area contributed by atoms with Crippen molar-refractivity contribution in [2.75, 3.05) is 0 Å². The second kappa shape index (κ2) is 8.11. The van der Waals surface area contributed by atoms with Crippen molar-refractivity contribution in [3.8, 4) is 0 Å². The van der Waals surface area contributed by atoms with Crippen LogP contribution in [-0.2, 0) is 21.2 Å². The van der Waals surface area contributed by atoms with Gasteiger partial charge in [-0.15, -0.1) is 11.6 Å². The molecule has 1 heterocycles. The zero-order chi connectivity index (χ0) is 20.6. The number of halogens is 1. The molecule has 154 valence electrons. The van der Waals surface area contributed by atoms with E-state index in [2.05, 4.69) is 0 Å². The quantitative estimate of drug-likeness (QED) is 0.652. The average Bonchev–Trinajstić information content (AvgIpc) is 3.00. The third kappa shape index (κ3) is 3.82. The van der Waals surface area contributed by atoms with Gasteiger partial charge in [0.2, 0.25) is 5.91 Å². The van der Waals surface area contributed by atoms with Gasteiger partial charge in [0.15, 0.2) is 0 Å². The fraction of sp³-hybridized carbons (Fsp3) is 0.435. The predicted octanol–water partition coefficient (Wildman–Crippen LogP) is 4.55. The van der Waals surface area contributed by atoms with E-state index in [1.54, 1.807) is 24.3 Å². The van der Waals surface area contributed by atoms with Crippen molar-refractivity contribution >= 4 is 27.5 Å². The molecule has 1 aliphatic heterocycles. The highest BCUT2D eigenvalue weighted by atomic mass is 35.5. The molecule has 0 radical (unpaired) electrons. The molecule has 0 spiro atoms. The first kappa shape index (κ1) is 20.4. The van der Waals surface area contributed by atoms with Gasteiger partial charge in [-0.3, -0.25) is 4.79 Å². The fourth-order valence-corrected chi connectivity index (χ4v) is 7.02. The number of carbonyl (C=O) groups is 1. The Morgan fingerprint density at radius 1 is 1.03 bits per heavy atom. The number of nitrogens with zero attached hydrogens (tertiary/aromatic N) is 1. The molecule has 0 unspecified atom stereocenters. The molecule has 1 saturated carbocycles. The van der Waals surface area contributed by atoms with Crippen LogP contribution in [0.1, 0.15) is 36.8 Å². The fourth-order valence-electron chi connectivity index (χ4n) is 4.84. The Bertz CT molecular complexity index is 975. The van der Waals surface area contributed by atoms with Crippen LogP contribution in [0.5, 0.6) is 0 Å². The summed E-state index contributed by atoms with van der Waals surface area (Å²) in [6.45, 7) is 1.91. The molecule has 2 aromatic rings. The molecule has 1 amide bonds. The zero-order valence-corrected chi connectivity index (χ0v) is 18.1. The van der Waals surface area contributed by atoms with Gasteiger partial charge in [-0.05, 0) is 56.7 Å². The Labute approximate surface area is 177 Å². The van der Waals surface area contributed by atoms with Crippen LogP contribution in [0, 0.1) is 18.8 Å². The third-order valence-electron chi connectivity index (χ3n) is 6.31. The average molecular weight is 432 g/mol. The van der Waals surface area contributed by atoms with Crippen molar-refractivity contribution in [1.82, 2.24) is 4.31 Å². The number of rotatable bonds is 5. The summed E-state index contributed by atoms with van der Waals surface area (Å²) in [5, 5.41) is -0.170. The highest BCUT2D eigenvalue weighted by Crippen LogP contribution is 2.46. The molecule has 1 saturated heterocycles. The molecule has 4 rings (SSSR count). The lowest BCUT2D eigenvalue weighted by Crippen LogP contribution is -2.43. The molecule has 2 aromatic carbocycles. The molecule has 1 aliphatic carbocycles. The minimum absolute atomic E-state index is 0.123. The van der Waals surface area contributed by atoms with Gasteiger partial charge >= 0.3 is 0 Å². The summed E-state index contributed by atoms with van der Waals surface area (Å²) in [6.07, 6.45) is 3.71. The predicted molar refractivity (Wildman–Crippen MR) is 114 cm³/mol. The number of alkyl halides is 1. The minimum atomic E-state index is -3.89. The molecule has 6 heteroatoms. The summed E-state index contributed by atoms with van der Waals surface area (Å²) in [7, 11) is -3.89. The molecule has 29 heavy (non-hydrogen) atoms. The van der Waals surface area contributed by atoms with Crippen LogP contribution in [0.4, 0.5) is 0 Å². The lowest BCUT2D eigenvalue weighted by atomic mass is 9.77. The monoisotopic (exact) mass is 431 g/mol. The minimum Gasteiger partial charge on any atom is -0.273 e. The second-order valence-electron chi connectivity index (χ2n) is 8.17. The standard InChI is InChI=1S/C23H26ClNO3S/c1-16-10-13-18(14-11-16)29(27,28)25-21-9-5-8-20(24)22(21)19(23(25)26)15-12-17-6-3-2-4-7-17/h2-4,6-7,10-11,13-14,19-22H,5,8-9,12,15H2,1H3/t19-,20-,21-,22+/m1/s1. The third-order valence-corrected chi connectivity index (χ3v) is 8.65. The van der Waals surface area contributed by atoms with Gasteiger partial charge in [-0.25, -0.2) is 12.7 Å².